The van der Waals surface area contributed by atoms with E-state index in [-0.39, 0.29) is 0 Å². The zero-order valence-corrected chi connectivity index (χ0v) is 12.2. The molecule has 1 aromatic rings. The Morgan fingerprint density at radius 3 is 2.53 bits per heavy atom. The Morgan fingerprint density at radius 1 is 1.33 bits per heavy atom. The number of hydrogen-bond donors (Lipinski definition) is 0. The fraction of sp³-hybridized carbons (Fsp3) is 0.750. The fourth-order valence-corrected chi connectivity index (χ4v) is 3.61. The van der Waals surface area contributed by atoms with Crippen LogP contribution in [0.3, 0.4) is 0 Å². The van der Waals surface area contributed by atoms with Crippen molar-refractivity contribution in [3.63, 3.8) is 0 Å². The molecule has 1 nitrogen and oxygen atoms in total. The van der Waals surface area contributed by atoms with E-state index in [1.807, 2.05) is 6.20 Å². The monoisotopic (exact) mass is 289 g/mol. The SMILES string of the molecule is CCCCC(C)(CCC)c1cnsc1Br. The van der Waals surface area contributed by atoms with Crippen LogP contribution in [0.4, 0.5) is 0 Å². The maximum atomic E-state index is 4.27. The lowest BCUT2D eigenvalue weighted by Gasteiger charge is -2.28. The highest BCUT2D eigenvalue weighted by Crippen LogP contribution is 2.39. The Morgan fingerprint density at radius 2 is 2.07 bits per heavy atom. The van der Waals surface area contributed by atoms with Gasteiger partial charge in [-0.3, -0.25) is 0 Å². The van der Waals surface area contributed by atoms with Gasteiger partial charge in [0.1, 0.15) is 0 Å². The van der Waals surface area contributed by atoms with E-state index in [1.54, 1.807) is 11.5 Å². The summed E-state index contributed by atoms with van der Waals surface area (Å²) in [7, 11) is 0. The molecule has 3 heteroatoms. The number of unbranched alkanes of at least 4 members (excludes halogenated alkanes) is 1. The first-order chi connectivity index (χ1) is 7.14. The minimum Gasteiger partial charge on any atom is -0.200 e. The lowest BCUT2D eigenvalue weighted by molar-refractivity contribution is 0.382. The zero-order valence-electron chi connectivity index (χ0n) is 9.85. The summed E-state index contributed by atoms with van der Waals surface area (Å²) in [4.78, 5) is 0. The third-order valence-corrected chi connectivity index (χ3v) is 4.51. The third-order valence-electron chi connectivity index (χ3n) is 3.06. The predicted molar refractivity (Wildman–Crippen MR) is 71.6 cm³/mol. The van der Waals surface area contributed by atoms with Crippen LogP contribution in [-0.2, 0) is 5.41 Å². The van der Waals surface area contributed by atoms with E-state index < -0.39 is 0 Å². The van der Waals surface area contributed by atoms with Crippen molar-refractivity contribution in [2.45, 2.75) is 58.3 Å². The van der Waals surface area contributed by atoms with E-state index in [2.05, 4.69) is 41.1 Å². The summed E-state index contributed by atoms with van der Waals surface area (Å²) in [5, 5.41) is 0. The topological polar surface area (TPSA) is 12.9 Å². The highest BCUT2D eigenvalue weighted by molar-refractivity contribution is 9.11. The van der Waals surface area contributed by atoms with Crippen molar-refractivity contribution in [3.8, 4) is 0 Å². The Kier molecular flexibility index (Phi) is 5.27. The van der Waals surface area contributed by atoms with Crippen LogP contribution in [0.15, 0.2) is 9.98 Å². The van der Waals surface area contributed by atoms with Crippen molar-refractivity contribution in [2.75, 3.05) is 0 Å². The van der Waals surface area contributed by atoms with Gasteiger partial charge in [0.15, 0.2) is 0 Å². The van der Waals surface area contributed by atoms with E-state index in [4.69, 9.17) is 0 Å². The van der Waals surface area contributed by atoms with Gasteiger partial charge < -0.3 is 0 Å². The van der Waals surface area contributed by atoms with Crippen molar-refractivity contribution in [1.82, 2.24) is 4.37 Å². The van der Waals surface area contributed by atoms with Gasteiger partial charge in [-0.1, -0.05) is 40.0 Å². The van der Waals surface area contributed by atoms with Gasteiger partial charge in [0.05, 0.1) is 3.79 Å². The minimum absolute atomic E-state index is 0.316. The molecule has 0 amide bonds. The molecule has 0 spiro atoms. The molecule has 0 saturated heterocycles. The molecule has 0 aliphatic carbocycles. The predicted octanol–water partition coefficient (Wildman–Crippen LogP) is 5.15. The highest BCUT2D eigenvalue weighted by atomic mass is 79.9. The van der Waals surface area contributed by atoms with E-state index in [0.717, 1.165) is 0 Å². The first kappa shape index (κ1) is 13.2. The second kappa shape index (κ2) is 6.00. The molecule has 0 aliphatic heterocycles. The van der Waals surface area contributed by atoms with Crippen LogP contribution in [0.25, 0.3) is 0 Å². The Balaban J connectivity index is 2.85. The van der Waals surface area contributed by atoms with Crippen LogP contribution in [0.2, 0.25) is 0 Å². The third kappa shape index (κ3) is 3.28. The average Bonchev–Trinajstić information content (AvgIpc) is 2.62. The van der Waals surface area contributed by atoms with Crippen molar-refractivity contribution < 1.29 is 0 Å². The molecule has 1 atom stereocenters. The second-order valence-electron chi connectivity index (χ2n) is 4.43. The highest BCUT2D eigenvalue weighted by Gasteiger charge is 2.28. The Hall–Kier alpha value is 0.110. The molecule has 0 aromatic carbocycles. The van der Waals surface area contributed by atoms with Crippen LogP contribution < -0.4 is 0 Å². The number of rotatable bonds is 6. The first-order valence-corrected chi connectivity index (χ1v) is 7.31. The fourth-order valence-electron chi connectivity index (χ4n) is 2.13. The summed E-state index contributed by atoms with van der Waals surface area (Å²) in [5.41, 5.74) is 1.72. The molecule has 0 fully saturated rings. The molecule has 86 valence electrons. The summed E-state index contributed by atoms with van der Waals surface area (Å²) >= 11 is 5.18. The van der Waals surface area contributed by atoms with E-state index in [0.29, 0.717) is 5.41 Å². The maximum Gasteiger partial charge on any atom is 0.0942 e. The van der Waals surface area contributed by atoms with Crippen LogP contribution in [0, 0.1) is 0 Å². The van der Waals surface area contributed by atoms with Gasteiger partial charge in [0, 0.05) is 11.8 Å². The lowest BCUT2D eigenvalue weighted by Crippen LogP contribution is -2.21. The van der Waals surface area contributed by atoms with Gasteiger partial charge in [-0.05, 0) is 45.7 Å². The molecule has 0 bridgehead atoms. The molecular weight excluding hydrogens is 270 g/mol. The zero-order chi connectivity index (χ0) is 11.3. The number of nitrogens with zero attached hydrogens (tertiary/aromatic N) is 1. The van der Waals surface area contributed by atoms with E-state index >= 15 is 0 Å². The maximum absolute atomic E-state index is 4.27. The summed E-state index contributed by atoms with van der Waals surface area (Å²) < 4.78 is 5.49. The normalized spacial score (nSPS) is 15.2. The molecule has 0 saturated carbocycles. The Labute approximate surface area is 106 Å². The van der Waals surface area contributed by atoms with Gasteiger partial charge in [0.25, 0.3) is 0 Å². The molecule has 15 heavy (non-hydrogen) atoms. The first-order valence-electron chi connectivity index (χ1n) is 5.74. The summed E-state index contributed by atoms with van der Waals surface area (Å²) in [5.74, 6) is 0. The molecule has 1 rings (SSSR count). The molecule has 1 heterocycles. The van der Waals surface area contributed by atoms with Crippen LogP contribution >= 0.6 is 27.5 Å². The molecule has 1 aromatic heterocycles. The number of halogens is 1. The molecule has 1 unspecified atom stereocenters. The molecule has 0 radical (unpaired) electrons. The van der Waals surface area contributed by atoms with Gasteiger partial charge in [-0.15, -0.1) is 0 Å². The van der Waals surface area contributed by atoms with Crippen LogP contribution in [-0.4, -0.2) is 4.37 Å². The molecule has 0 N–H and O–H groups in total. The minimum atomic E-state index is 0.316. The molecule has 0 aliphatic rings. The van der Waals surface area contributed by atoms with Gasteiger partial charge in [-0.25, -0.2) is 0 Å². The van der Waals surface area contributed by atoms with E-state index in [9.17, 15) is 0 Å². The summed E-state index contributed by atoms with van der Waals surface area (Å²) in [6, 6.07) is 0. The summed E-state index contributed by atoms with van der Waals surface area (Å²) in [6.07, 6.45) is 8.38. The summed E-state index contributed by atoms with van der Waals surface area (Å²) in [6.45, 7) is 6.89. The second-order valence-corrected chi connectivity index (χ2v) is 6.55. The van der Waals surface area contributed by atoms with Crippen LogP contribution in [0.5, 0.6) is 0 Å². The van der Waals surface area contributed by atoms with Crippen molar-refractivity contribution >= 4 is 27.5 Å². The van der Waals surface area contributed by atoms with Gasteiger partial charge in [0.2, 0.25) is 0 Å². The quantitative estimate of drug-likeness (QED) is 0.705. The van der Waals surface area contributed by atoms with E-state index in [1.165, 1.54) is 41.5 Å². The standard InChI is InChI=1S/C12H20BrNS/c1-4-6-8-12(3,7-5-2)10-9-14-15-11(10)13/h9H,4-8H2,1-3H3. The smallest absolute Gasteiger partial charge is 0.0942 e. The number of hydrogen-bond acceptors (Lipinski definition) is 2. The average molecular weight is 290 g/mol. The van der Waals surface area contributed by atoms with Crippen LogP contribution in [0.1, 0.15) is 58.4 Å². The Bertz CT molecular complexity index is 298. The van der Waals surface area contributed by atoms with Crippen molar-refractivity contribution in [2.24, 2.45) is 0 Å². The number of aromatic nitrogens is 1. The van der Waals surface area contributed by atoms with Crippen molar-refractivity contribution in [3.05, 3.63) is 15.5 Å². The largest absolute Gasteiger partial charge is 0.200 e. The lowest BCUT2D eigenvalue weighted by atomic mass is 9.76. The van der Waals surface area contributed by atoms with Gasteiger partial charge >= 0.3 is 0 Å². The van der Waals surface area contributed by atoms with Crippen molar-refractivity contribution in [1.29, 1.82) is 0 Å². The van der Waals surface area contributed by atoms with Gasteiger partial charge in [-0.2, -0.15) is 4.37 Å². The molecular formula is C12H20BrNS.